The van der Waals surface area contributed by atoms with E-state index in [-0.39, 0.29) is 11.0 Å². The molecule has 1 N–H and O–H groups in total. The topological polar surface area (TPSA) is 79.2 Å². The average Bonchev–Trinajstić information content (AvgIpc) is 3.13. The molecule has 0 amide bonds. The normalized spacial score (nSPS) is 15.0. The Morgan fingerprint density at radius 3 is 2.69 bits per heavy atom. The molecule has 8 heteroatoms. The highest BCUT2D eigenvalue weighted by Crippen LogP contribution is 2.23. The molecule has 0 bridgehead atoms. The summed E-state index contributed by atoms with van der Waals surface area (Å²) in [6.45, 7) is 10.7. The van der Waals surface area contributed by atoms with E-state index in [0.29, 0.717) is 12.2 Å². The van der Waals surface area contributed by atoms with Crippen LogP contribution in [0.5, 0.6) is 0 Å². The largest absolute Gasteiger partial charge is 0.294 e. The molecule has 0 atom stereocenters. The lowest BCUT2D eigenvalue weighted by Gasteiger charge is -2.27. The van der Waals surface area contributed by atoms with Crippen LogP contribution in [0.2, 0.25) is 0 Å². The number of fused-ring (bicyclic) bond motifs is 2. The van der Waals surface area contributed by atoms with Crippen molar-refractivity contribution in [3.8, 4) is 0 Å². The number of hydrogen-bond acceptors (Lipinski definition) is 6. The van der Waals surface area contributed by atoms with Crippen molar-refractivity contribution in [3.05, 3.63) is 51.3 Å². The minimum absolute atomic E-state index is 0.00719. The fourth-order valence-electron chi connectivity index (χ4n) is 3.51. The molecule has 0 saturated carbocycles. The minimum Gasteiger partial charge on any atom is -0.294 e. The van der Waals surface area contributed by atoms with Crippen molar-refractivity contribution in [2.45, 2.75) is 64.2 Å². The fraction of sp³-hybridized carbons (Fsp3) is 0.524. The van der Waals surface area contributed by atoms with E-state index in [1.165, 1.54) is 0 Å². The van der Waals surface area contributed by atoms with Gasteiger partial charge in [-0.3, -0.25) is 14.8 Å². The van der Waals surface area contributed by atoms with E-state index in [4.69, 9.17) is 4.98 Å². The fourth-order valence-corrected chi connectivity index (χ4v) is 4.15. The van der Waals surface area contributed by atoms with Crippen LogP contribution in [-0.4, -0.2) is 41.8 Å². The number of H-pyrrole nitrogens is 1. The lowest BCUT2D eigenvalue weighted by atomic mass is 9.93. The maximum absolute atomic E-state index is 13.1. The molecule has 0 saturated heterocycles. The lowest BCUT2D eigenvalue weighted by Crippen LogP contribution is -2.36. The maximum atomic E-state index is 13.1. The zero-order chi connectivity index (χ0) is 20.6. The second kappa shape index (κ2) is 7.91. The summed E-state index contributed by atoms with van der Waals surface area (Å²) in [4.78, 5) is 29.0. The summed E-state index contributed by atoms with van der Waals surface area (Å²) in [5, 5.41) is 4.07. The Kier molecular flexibility index (Phi) is 5.48. The molecule has 0 spiro atoms. The molecule has 4 rings (SSSR count). The molecule has 3 aromatic rings. The standard InChI is InChI=1S/C21H28N6OS/c1-5-8-29-20-22-10-14(11-23-20)12-26-7-6-16-15(13-26)19(28)27-18(24-16)9-17(25-27)21(2,3)4/h9-11,25H,5-8,12-13H2,1-4H3. The third-order valence-corrected chi connectivity index (χ3v) is 6.25. The Hall–Kier alpha value is -2.19. The summed E-state index contributed by atoms with van der Waals surface area (Å²) < 4.78 is 1.59. The Balaban J connectivity index is 1.54. The van der Waals surface area contributed by atoms with Gasteiger partial charge in [0.15, 0.2) is 10.8 Å². The summed E-state index contributed by atoms with van der Waals surface area (Å²) >= 11 is 1.68. The zero-order valence-corrected chi connectivity index (χ0v) is 18.3. The van der Waals surface area contributed by atoms with Crippen LogP contribution in [0.3, 0.4) is 0 Å². The number of thioether (sulfide) groups is 1. The lowest BCUT2D eigenvalue weighted by molar-refractivity contribution is 0.241. The van der Waals surface area contributed by atoms with Crippen molar-refractivity contribution in [2.75, 3.05) is 12.3 Å². The van der Waals surface area contributed by atoms with Crippen molar-refractivity contribution in [1.29, 1.82) is 0 Å². The highest BCUT2D eigenvalue weighted by atomic mass is 32.2. The number of aromatic nitrogens is 5. The van der Waals surface area contributed by atoms with Gasteiger partial charge in [0.2, 0.25) is 0 Å². The monoisotopic (exact) mass is 412 g/mol. The predicted molar refractivity (Wildman–Crippen MR) is 115 cm³/mol. The van der Waals surface area contributed by atoms with Crippen molar-refractivity contribution < 1.29 is 0 Å². The van der Waals surface area contributed by atoms with Gasteiger partial charge in [0.25, 0.3) is 5.56 Å². The molecule has 7 nitrogen and oxygen atoms in total. The number of aromatic amines is 1. The number of nitrogens with one attached hydrogen (secondary N) is 1. The molecule has 29 heavy (non-hydrogen) atoms. The molecule has 1 aliphatic rings. The highest BCUT2D eigenvalue weighted by molar-refractivity contribution is 7.99. The SMILES string of the molecule is CCCSc1ncc(CN2CCc3nc4cc(C(C)(C)C)[nH]n4c(=O)c3C2)cn1. The molecule has 154 valence electrons. The second-order valence-electron chi connectivity index (χ2n) is 8.64. The van der Waals surface area contributed by atoms with E-state index in [9.17, 15) is 4.79 Å². The predicted octanol–water partition coefficient (Wildman–Crippen LogP) is 3.17. The van der Waals surface area contributed by atoms with Crippen molar-refractivity contribution in [2.24, 2.45) is 0 Å². The van der Waals surface area contributed by atoms with Gasteiger partial charge in [0, 0.05) is 66.9 Å². The van der Waals surface area contributed by atoms with Gasteiger partial charge in [-0.2, -0.15) is 0 Å². The van der Waals surface area contributed by atoms with E-state index < -0.39 is 0 Å². The highest BCUT2D eigenvalue weighted by Gasteiger charge is 2.24. The summed E-state index contributed by atoms with van der Waals surface area (Å²) in [5.74, 6) is 1.03. The molecule has 0 aromatic carbocycles. The van der Waals surface area contributed by atoms with Gasteiger partial charge in [-0.05, 0) is 6.42 Å². The quantitative estimate of drug-likeness (QED) is 0.512. The Morgan fingerprint density at radius 1 is 1.24 bits per heavy atom. The molecular weight excluding hydrogens is 384 g/mol. The van der Waals surface area contributed by atoms with Crippen LogP contribution in [-0.2, 0) is 24.9 Å². The first-order chi connectivity index (χ1) is 13.8. The van der Waals surface area contributed by atoms with Crippen LogP contribution in [0.15, 0.2) is 28.4 Å². The molecule has 3 aromatic heterocycles. The van der Waals surface area contributed by atoms with E-state index in [0.717, 1.165) is 59.4 Å². The van der Waals surface area contributed by atoms with Gasteiger partial charge < -0.3 is 0 Å². The van der Waals surface area contributed by atoms with Gasteiger partial charge in [-0.15, -0.1) is 0 Å². The van der Waals surface area contributed by atoms with E-state index in [1.54, 1.807) is 16.3 Å². The molecule has 1 aliphatic heterocycles. The van der Waals surface area contributed by atoms with Crippen molar-refractivity contribution in [3.63, 3.8) is 0 Å². The Labute approximate surface area is 175 Å². The summed E-state index contributed by atoms with van der Waals surface area (Å²) in [6.07, 6.45) is 5.69. The summed E-state index contributed by atoms with van der Waals surface area (Å²) in [6, 6.07) is 1.99. The Bertz CT molecular complexity index is 1060. The van der Waals surface area contributed by atoms with Gasteiger partial charge in [0.05, 0.1) is 11.3 Å². The Morgan fingerprint density at radius 2 is 2.00 bits per heavy atom. The second-order valence-corrected chi connectivity index (χ2v) is 9.70. The van der Waals surface area contributed by atoms with Crippen LogP contribution in [0.25, 0.3) is 5.65 Å². The van der Waals surface area contributed by atoms with Crippen LogP contribution < -0.4 is 5.56 Å². The molecular formula is C21H28N6OS. The van der Waals surface area contributed by atoms with Gasteiger partial charge >= 0.3 is 0 Å². The van der Waals surface area contributed by atoms with Gasteiger partial charge in [0.1, 0.15) is 0 Å². The molecule has 0 radical (unpaired) electrons. The first-order valence-corrected chi connectivity index (χ1v) is 11.1. The smallest absolute Gasteiger partial charge is 0.277 e. The first-order valence-electron chi connectivity index (χ1n) is 10.1. The minimum atomic E-state index is -0.0613. The zero-order valence-electron chi connectivity index (χ0n) is 17.5. The number of rotatable bonds is 5. The maximum Gasteiger partial charge on any atom is 0.277 e. The van der Waals surface area contributed by atoms with Crippen LogP contribution >= 0.6 is 11.8 Å². The first kappa shape index (κ1) is 20.1. The van der Waals surface area contributed by atoms with Crippen LogP contribution in [0.1, 0.15) is 56.6 Å². The molecule has 0 unspecified atom stereocenters. The third-order valence-electron chi connectivity index (χ3n) is 5.17. The molecule has 0 fully saturated rings. The number of hydrogen-bond donors (Lipinski definition) is 1. The van der Waals surface area contributed by atoms with Crippen LogP contribution in [0.4, 0.5) is 0 Å². The summed E-state index contributed by atoms with van der Waals surface area (Å²) in [7, 11) is 0. The average molecular weight is 413 g/mol. The summed E-state index contributed by atoms with van der Waals surface area (Å²) in [5.41, 5.74) is 4.44. The molecule has 0 aliphatic carbocycles. The van der Waals surface area contributed by atoms with E-state index in [1.807, 2.05) is 18.5 Å². The van der Waals surface area contributed by atoms with Gasteiger partial charge in [-0.25, -0.2) is 19.5 Å². The van der Waals surface area contributed by atoms with Crippen LogP contribution in [0, 0.1) is 0 Å². The van der Waals surface area contributed by atoms with E-state index in [2.05, 4.69) is 47.7 Å². The third kappa shape index (κ3) is 4.23. The van der Waals surface area contributed by atoms with Crippen molar-refractivity contribution >= 4 is 17.4 Å². The van der Waals surface area contributed by atoms with Gasteiger partial charge in [-0.1, -0.05) is 39.5 Å². The van der Waals surface area contributed by atoms with Crippen molar-refractivity contribution in [1.82, 2.24) is 29.5 Å². The van der Waals surface area contributed by atoms with E-state index >= 15 is 0 Å². The number of nitrogens with zero attached hydrogens (tertiary/aromatic N) is 5. The molecule has 4 heterocycles.